The second-order valence-corrected chi connectivity index (χ2v) is 5.73. The number of aliphatic imine (C=N–C) groups is 1. The van der Waals surface area contributed by atoms with E-state index in [9.17, 15) is 0 Å². The Morgan fingerprint density at radius 1 is 1.21 bits per heavy atom. The molecular weight excluding hydrogens is 417 g/mol. The Morgan fingerprint density at radius 3 is 2.50 bits per heavy atom. The Balaban J connectivity index is 0.00000288. The van der Waals surface area contributed by atoms with Gasteiger partial charge in [0.15, 0.2) is 11.8 Å². The third-order valence-corrected chi connectivity index (χ3v) is 3.51. The van der Waals surface area contributed by atoms with Crippen LogP contribution in [0.4, 0.5) is 0 Å². The molecule has 0 radical (unpaired) electrons. The Kier molecular flexibility index (Phi) is 8.73. The summed E-state index contributed by atoms with van der Waals surface area (Å²) < 4.78 is 5.23. The van der Waals surface area contributed by atoms with Crippen LogP contribution in [0.25, 0.3) is 0 Å². The third-order valence-electron chi connectivity index (χ3n) is 3.51. The van der Waals surface area contributed by atoms with E-state index in [1.54, 1.807) is 7.05 Å². The van der Waals surface area contributed by atoms with Crippen LogP contribution in [-0.4, -0.2) is 29.7 Å². The lowest BCUT2D eigenvalue weighted by atomic mass is 10.1. The van der Waals surface area contributed by atoms with Crippen LogP contribution in [-0.2, 0) is 6.42 Å². The first-order valence-electron chi connectivity index (χ1n) is 7.94. The molecule has 0 fully saturated rings. The fourth-order valence-electron chi connectivity index (χ4n) is 2.12. The molecule has 0 saturated heterocycles. The van der Waals surface area contributed by atoms with Crippen molar-refractivity contribution in [3.63, 3.8) is 0 Å². The average molecular weight is 443 g/mol. The van der Waals surface area contributed by atoms with Crippen LogP contribution in [0.5, 0.6) is 0 Å². The highest BCUT2D eigenvalue weighted by atomic mass is 127. The molecule has 0 aliphatic rings. The summed E-state index contributed by atoms with van der Waals surface area (Å²) in [5.74, 6) is 2.43. The summed E-state index contributed by atoms with van der Waals surface area (Å²) in [7, 11) is 1.76. The summed E-state index contributed by atoms with van der Waals surface area (Å²) in [6, 6.07) is 10.4. The SMILES string of the molecule is CN=C(NCCc1nc(C(C)C)no1)NC(C)c1ccccc1.I. The standard InChI is InChI=1S/C17H25N5O.HI/c1-12(2)16-21-15(23-22-16)10-11-19-17(18-4)20-13(3)14-8-6-5-7-9-14;/h5-9,12-13H,10-11H2,1-4H3,(H2,18,19,20);1H. The molecule has 2 N–H and O–H groups in total. The van der Waals surface area contributed by atoms with E-state index in [4.69, 9.17) is 4.52 Å². The van der Waals surface area contributed by atoms with Crippen LogP contribution in [0.1, 0.15) is 50.0 Å². The molecule has 1 atom stereocenters. The Hall–Kier alpha value is -1.64. The normalized spacial score (nSPS) is 12.6. The molecule has 0 saturated carbocycles. The van der Waals surface area contributed by atoms with Gasteiger partial charge in [-0.2, -0.15) is 4.98 Å². The van der Waals surface area contributed by atoms with E-state index >= 15 is 0 Å². The summed E-state index contributed by atoms with van der Waals surface area (Å²) in [6.07, 6.45) is 0.667. The van der Waals surface area contributed by atoms with Gasteiger partial charge in [0.1, 0.15) is 0 Å². The van der Waals surface area contributed by atoms with Crippen molar-refractivity contribution in [2.45, 2.75) is 39.2 Å². The van der Waals surface area contributed by atoms with Crippen molar-refractivity contribution >= 4 is 29.9 Å². The molecule has 2 aromatic rings. The molecule has 6 nitrogen and oxygen atoms in total. The first-order valence-corrected chi connectivity index (χ1v) is 7.94. The van der Waals surface area contributed by atoms with Gasteiger partial charge < -0.3 is 15.2 Å². The van der Waals surface area contributed by atoms with Crippen molar-refractivity contribution < 1.29 is 4.52 Å². The van der Waals surface area contributed by atoms with E-state index in [0.29, 0.717) is 18.9 Å². The van der Waals surface area contributed by atoms with Gasteiger partial charge in [0.25, 0.3) is 0 Å². The van der Waals surface area contributed by atoms with E-state index in [0.717, 1.165) is 11.8 Å². The number of guanidine groups is 1. The minimum Gasteiger partial charge on any atom is -0.356 e. The predicted molar refractivity (Wildman–Crippen MR) is 107 cm³/mol. The largest absolute Gasteiger partial charge is 0.356 e. The van der Waals surface area contributed by atoms with Gasteiger partial charge in [0, 0.05) is 25.9 Å². The topological polar surface area (TPSA) is 75.3 Å². The highest BCUT2D eigenvalue weighted by molar-refractivity contribution is 14.0. The number of rotatable bonds is 6. The smallest absolute Gasteiger partial charge is 0.228 e. The van der Waals surface area contributed by atoms with Crippen molar-refractivity contribution in [1.29, 1.82) is 0 Å². The van der Waals surface area contributed by atoms with E-state index in [2.05, 4.69) is 44.8 Å². The molecule has 1 aromatic heterocycles. The number of hydrogen-bond acceptors (Lipinski definition) is 4. The molecular formula is C17H26IN5O. The molecule has 0 bridgehead atoms. The van der Waals surface area contributed by atoms with E-state index < -0.39 is 0 Å². The molecule has 0 amide bonds. The molecule has 0 aliphatic heterocycles. The zero-order chi connectivity index (χ0) is 16.7. The summed E-state index contributed by atoms with van der Waals surface area (Å²) in [6.45, 7) is 6.88. The number of benzene rings is 1. The molecule has 7 heteroatoms. The van der Waals surface area contributed by atoms with Gasteiger partial charge in [-0.05, 0) is 12.5 Å². The summed E-state index contributed by atoms with van der Waals surface area (Å²) in [4.78, 5) is 8.61. The minimum atomic E-state index is 0. The second-order valence-electron chi connectivity index (χ2n) is 5.73. The van der Waals surface area contributed by atoms with Gasteiger partial charge in [-0.1, -0.05) is 49.3 Å². The lowest BCUT2D eigenvalue weighted by Crippen LogP contribution is -2.39. The van der Waals surface area contributed by atoms with Crippen LogP contribution in [0.15, 0.2) is 39.8 Å². The van der Waals surface area contributed by atoms with Gasteiger partial charge >= 0.3 is 0 Å². The lowest BCUT2D eigenvalue weighted by molar-refractivity contribution is 0.371. The summed E-state index contributed by atoms with van der Waals surface area (Å²) in [5.41, 5.74) is 1.22. The fourth-order valence-corrected chi connectivity index (χ4v) is 2.12. The molecule has 132 valence electrons. The van der Waals surface area contributed by atoms with Gasteiger partial charge in [0.05, 0.1) is 6.04 Å². The van der Waals surface area contributed by atoms with E-state index in [1.807, 2.05) is 32.0 Å². The van der Waals surface area contributed by atoms with Crippen molar-refractivity contribution in [1.82, 2.24) is 20.8 Å². The predicted octanol–water partition coefficient (Wildman–Crippen LogP) is 3.28. The summed E-state index contributed by atoms with van der Waals surface area (Å²) >= 11 is 0. The summed E-state index contributed by atoms with van der Waals surface area (Å²) in [5, 5.41) is 10.6. The molecule has 1 unspecified atom stereocenters. The number of hydrogen-bond donors (Lipinski definition) is 2. The third kappa shape index (κ3) is 6.10. The van der Waals surface area contributed by atoms with Gasteiger partial charge in [-0.3, -0.25) is 4.99 Å². The monoisotopic (exact) mass is 443 g/mol. The fraction of sp³-hybridized carbons (Fsp3) is 0.471. The number of halogens is 1. The Bertz CT molecular complexity index is 627. The molecule has 0 aliphatic carbocycles. The van der Waals surface area contributed by atoms with Crippen molar-refractivity contribution in [2.75, 3.05) is 13.6 Å². The highest BCUT2D eigenvalue weighted by Crippen LogP contribution is 2.11. The quantitative estimate of drug-likeness (QED) is 0.407. The maximum absolute atomic E-state index is 5.23. The van der Waals surface area contributed by atoms with Gasteiger partial charge in [-0.15, -0.1) is 24.0 Å². The number of aromatic nitrogens is 2. The zero-order valence-electron chi connectivity index (χ0n) is 14.6. The van der Waals surface area contributed by atoms with Gasteiger partial charge in [-0.25, -0.2) is 0 Å². The number of nitrogens with zero attached hydrogens (tertiary/aromatic N) is 3. The molecule has 0 spiro atoms. The number of nitrogens with one attached hydrogen (secondary N) is 2. The van der Waals surface area contributed by atoms with Gasteiger partial charge in [0.2, 0.25) is 5.89 Å². The van der Waals surface area contributed by atoms with Crippen LogP contribution in [0.3, 0.4) is 0 Å². The van der Waals surface area contributed by atoms with Crippen LogP contribution < -0.4 is 10.6 Å². The Morgan fingerprint density at radius 2 is 1.92 bits per heavy atom. The van der Waals surface area contributed by atoms with E-state index in [-0.39, 0.29) is 35.9 Å². The van der Waals surface area contributed by atoms with Crippen LogP contribution >= 0.6 is 24.0 Å². The molecule has 1 aromatic carbocycles. The maximum Gasteiger partial charge on any atom is 0.228 e. The maximum atomic E-state index is 5.23. The first kappa shape index (κ1) is 20.4. The van der Waals surface area contributed by atoms with Crippen molar-refractivity contribution in [3.8, 4) is 0 Å². The van der Waals surface area contributed by atoms with Crippen molar-refractivity contribution in [2.24, 2.45) is 4.99 Å². The average Bonchev–Trinajstić information content (AvgIpc) is 3.03. The highest BCUT2D eigenvalue weighted by Gasteiger charge is 2.10. The second kappa shape index (κ2) is 10.3. The van der Waals surface area contributed by atoms with E-state index in [1.165, 1.54) is 5.56 Å². The molecule has 24 heavy (non-hydrogen) atoms. The van der Waals surface area contributed by atoms with Crippen LogP contribution in [0, 0.1) is 0 Å². The lowest BCUT2D eigenvalue weighted by Gasteiger charge is -2.17. The van der Waals surface area contributed by atoms with Crippen LogP contribution in [0.2, 0.25) is 0 Å². The molecule has 1 heterocycles. The first-order chi connectivity index (χ1) is 11.1. The Labute approximate surface area is 160 Å². The zero-order valence-corrected chi connectivity index (χ0v) is 16.9. The minimum absolute atomic E-state index is 0. The molecule has 2 rings (SSSR count). The van der Waals surface area contributed by atoms with Crippen molar-refractivity contribution in [3.05, 3.63) is 47.6 Å².